The van der Waals surface area contributed by atoms with E-state index in [2.05, 4.69) is 5.75 Å². The summed E-state index contributed by atoms with van der Waals surface area (Å²) in [6.07, 6.45) is 0. The molecular formula is C9H10O2S. The molecule has 3 heteroatoms. The van der Waals surface area contributed by atoms with Gasteiger partial charge in [-0.05, 0) is 5.56 Å². The predicted molar refractivity (Wildman–Crippen MR) is 48.2 cm³/mol. The monoisotopic (exact) mass is 182 g/mol. The van der Waals surface area contributed by atoms with Crippen LogP contribution in [0.3, 0.4) is 0 Å². The SMILES string of the molecule is CCS(=O)(=O)[C]c1ccccc1. The van der Waals surface area contributed by atoms with Gasteiger partial charge in [-0.3, -0.25) is 0 Å². The van der Waals surface area contributed by atoms with Gasteiger partial charge in [0.25, 0.3) is 0 Å². The lowest BCUT2D eigenvalue weighted by molar-refractivity contribution is 0.603. The number of sulfone groups is 1. The second kappa shape index (κ2) is 3.72. The Morgan fingerprint density at radius 2 is 1.83 bits per heavy atom. The Labute approximate surface area is 73.2 Å². The van der Waals surface area contributed by atoms with Gasteiger partial charge < -0.3 is 0 Å². The fraction of sp³-hybridized carbons (Fsp3) is 0.222. The van der Waals surface area contributed by atoms with Crippen molar-refractivity contribution in [1.82, 2.24) is 0 Å². The minimum atomic E-state index is -3.12. The Balaban J connectivity index is 2.78. The van der Waals surface area contributed by atoms with E-state index in [1.807, 2.05) is 6.07 Å². The summed E-state index contributed by atoms with van der Waals surface area (Å²) in [4.78, 5) is 0. The van der Waals surface area contributed by atoms with Crippen molar-refractivity contribution in [3.05, 3.63) is 41.6 Å². The van der Waals surface area contributed by atoms with E-state index in [-0.39, 0.29) is 5.75 Å². The van der Waals surface area contributed by atoms with Gasteiger partial charge >= 0.3 is 0 Å². The van der Waals surface area contributed by atoms with Gasteiger partial charge in [-0.2, -0.15) is 0 Å². The lowest BCUT2D eigenvalue weighted by atomic mass is 10.2. The van der Waals surface area contributed by atoms with Crippen LogP contribution in [0.1, 0.15) is 12.5 Å². The highest BCUT2D eigenvalue weighted by molar-refractivity contribution is 7.93. The van der Waals surface area contributed by atoms with Gasteiger partial charge in [0, 0.05) is 5.75 Å². The Hall–Kier alpha value is -0.830. The van der Waals surface area contributed by atoms with Crippen molar-refractivity contribution >= 4 is 9.84 Å². The van der Waals surface area contributed by atoms with E-state index in [1.165, 1.54) is 0 Å². The first kappa shape index (κ1) is 9.26. The zero-order chi connectivity index (χ0) is 9.03. The summed E-state index contributed by atoms with van der Waals surface area (Å²) in [5.74, 6) is 2.54. The summed E-state index contributed by atoms with van der Waals surface area (Å²) in [6, 6.07) is 8.84. The van der Waals surface area contributed by atoms with Gasteiger partial charge in [-0.1, -0.05) is 37.3 Å². The maximum Gasteiger partial charge on any atom is 0.163 e. The van der Waals surface area contributed by atoms with Crippen molar-refractivity contribution in [2.45, 2.75) is 6.92 Å². The van der Waals surface area contributed by atoms with Crippen LogP contribution < -0.4 is 0 Å². The molecule has 0 unspecified atom stereocenters. The highest BCUT2D eigenvalue weighted by Gasteiger charge is 2.09. The van der Waals surface area contributed by atoms with Crippen LogP contribution in [0.15, 0.2) is 30.3 Å². The molecule has 2 radical (unpaired) electrons. The van der Waals surface area contributed by atoms with Crippen molar-refractivity contribution in [2.24, 2.45) is 0 Å². The maximum atomic E-state index is 11.1. The zero-order valence-corrected chi connectivity index (χ0v) is 7.64. The first-order valence-electron chi connectivity index (χ1n) is 3.69. The number of hydrogen-bond donors (Lipinski definition) is 0. The molecule has 1 aromatic rings. The lowest BCUT2D eigenvalue weighted by Crippen LogP contribution is -2.03. The third kappa shape index (κ3) is 2.66. The van der Waals surface area contributed by atoms with Crippen molar-refractivity contribution in [1.29, 1.82) is 0 Å². The van der Waals surface area contributed by atoms with E-state index in [0.29, 0.717) is 5.56 Å². The summed E-state index contributed by atoms with van der Waals surface area (Å²) >= 11 is 0. The first-order valence-corrected chi connectivity index (χ1v) is 5.35. The van der Waals surface area contributed by atoms with Gasteiger partial charge in [0.1, 0.15) is 5.75 Å². The minimum Gasteiger partial charge on any atom is -0.228 e. The Bertz CT molecular complexity index is 327. The van der Waals surface area contributed by atoms with Crippen LogP contribution in [-0.2, 0) is 9.84 Å². The van der Waals surface area contributed by atoms with Crippen LogP contribution in [-0.4, -0.2) is 14.2 Å². The molecule has 1 rings (SSSR count). The largest absolute Gasteiger partial charge is 0.228 e. The van der Waals surface area contributed by atoms with E-state index in [9.17, 15) is 8.42 Å². The summed E-state index contributed by atoms with van der Waals surface area (Å²) in [5, 5.41) is 0. The van der Waals surface area contributed by atoms with Crippen LogP contribution in [0, 0.1) is 5.75 Å². The fourth-order valence-electron chi connectivity index (χ4n) is 0.758. The highest BCUT2D eigenvalue weighted by Crippen LogP contribution is 2.07. The second-order valence-electron chi connectivity index (χ2n) is 2.37. The topological polar surface area (TPSA) is 34.1 Å². The molecule has 12 heavy (non-hydrogen) atoms. The van der Waals surface area contributed by atoms with Crippen molar-refractivity contribution < 1.29 is 8.42 Å². The molecule has 0 bridgehead atoms. The smallest absolute Gasteiger partial charge is 0.163 e. The summed E-state index contributed by atoms with van der Waals surface area (Å²) in [5.41, 5.74) is 0.611. The summed E-state index contributed by atoms with van der Waals surface area (Å²) in [7, 11) is -3.12. The molecule has 0 N–H and O–H groups in total. The van der Waals surface area contributed by atoms with Gasteiger partial charge in [0.2, 0.25) is 0 Å². The molecule has 2 nitrogen and oxygen atoms in total. The standard InChI is InChI=1S/C9H10O2S/c1-2-12(10,11)8-9-6-4-3-5-7-9/h3-7H,2H2,1H3. The molecule has 0 aliphatic heterocycles. The molecule has 0 heterocycles. The molecule has 0 saturated carbocycles. The molecular weight excluding hydrogens is 172 g/mol. The molecule has 1 aromatic carbocycles. The van der Waals surface area contributed by atoms with Gasteiger partial charge in [-0.25, -0.2) is 8.42 Å². The summed E-state index contributed by atoms with van der Waals surface area (Å²) in [6.45, 7) is 1.60. The number of benzene rings is 1. The van der Waals surface area contributed by atoms with Crippen molar-refractivity contribution in [3.8, 4) is 0 Å². The molecule has 64 valence electrons. The van der Waals surface area contributed by atoms with E-state index in [4.69, 9.17) is 0 Å². The third-order valence-corrected chi connectivity index (χ3v) is 2.73. The van der Waals surface area contributed by atoms with E-state index < -0.39 is 9.84 Å². The molecule has 0 fully saturated rings. The molecule has 0 aromatic heterocycles. The van der Waals surface area contributed by atoms with Crippen LogP contribution in [0.4, 0.5) is 0 Å². The average molecular weight is 182 g/mol. The Kier molecular flexibility index (Phi) is 2.87. The van der Waals surface area contributed by atoms with E-state index in [1.54, 1.807) is 31.2 Å². The lowest BCUT2D eigenvalue weighted by Gasteiger charge is -1.98. The van der Waals surface area contributed by atoms with Crippen LogP contribution >= 0.6 is 0 Å². The van der Waals surface area contributed by atoms with E-state index in [0.717, 1.165) is 0 Å². The fourth-order valence-corrected chi connectivity index (χ4v) is 1.40. The zero-order valence-electron chi connectivity index (χ0n) is 6.82. The molecule has 0 amide bonds. The van der Waals surface area contributed by atoms with Crippen LogP contribution in [0.5, 0.6) is 0 Å². The quantitative estimate of drug-likeness (QED) is 0.710. The molecule has 0 saturated heterocycles. The summed E-state index contributed by atoms with van der Waals surface area (Å²) < 4.78 is 22.1. The molecule has 0 aliphatic rings. The van der Waals surface area contributed by atoms with Crippen LogP contribution in [0.25, 0.3) is 0 Å². The van der Waals surface area contributed by atoms with Crippen molar-refractivity contribution in [2.75, 3.05) is 5.75 Å². The van der Waals surface area contributed by atoms with Gasteiger partial charge in [-0.15, -0.1) is 0 Å². The first-order chi connectivity index (χ1) is 5.64. The Morgan fingerprint density at radius 1 is 1.25 bits per heavy atom. The average Bonchev–Trinajstić information content (AvgIpc) is 2.06. The predicted octanol–water partition coefficient (Wildman–Crippen LogP) is 1.51. The molecule has 0 aliphatic carbocycles. The molecule has 0 spiro atoms. The van der Waals surface area contributed by atoms with Gasteiger partial charge in [0.15, 0.2) is 9.84 Å². The Morgan fingerprint density at radius 3 is 2.33 bits per heavy atom. The normalized spacial score (nSPS) is 11.4. The third-order valence-electron chi connectivity index (χ3n) is 1.43. The van der Waals surface area contributed by atoms with Crippen molar-refractivity contribution in [3.63, 3.8) is 0 Å². The molecule has 0 atom stereocenters. The van der Waals surface area contributed by atoms with Gasteiger partial charge in [0.05, 0.1) is 0 Å². The highest BCUT2D eigenvalue weighted by atomic mass is 32.2. The number of hydrogen-bond acceptors (Lipinski definition) is 2. The van der Waals surface area contributed by atoms with Crippen LogP contribution in [0.2, 0.25) is 0 Å². The second-order valence-corrected chi connectivity index (χ2v) is 4.38. The minimum absolute atomic E-state index is 0.0991. The van der Waals surface area contributed by atoms with E-state index >= 15 is 0 Å². The number of rotatable bonds is 3. The maximum absolute atomic E-state index is 11.1.